The second-order valence-corrected chi connectivity index (χ2v) is 4.26. The van der Waals surface area contributed by atoms with Gasteiger partial charge >= 0.3 is 5.97 Å². The first-order chi connectivity index (χ1) is 8.20. The molecule has 0 amide bonds. The van der Waals surface area contributed by atoms with Crippen LogP contribution in [0.1, 0.15) is 12.0 Å². The lowest BCUT2D eigenvalue weighted by atomic mass is 9.96. The SMILES string of the molecule is NCC(CC(=O)O)Cc1c[nH]c2ccccc12. The molecule has 0 aliphatic heterocycles. The molecule has 4 N–H and O–H groups in total. The van der Waals surface area contributed by atoms with Gasteiger partial charge in [-0.15, -0.1) is 0 Å². The zero-order chi connectivity index (χ0) is 12.3. The molecule has 90 valence electrons. The molecule has 0 spiro atoms. The molecule has 1 atom stereocenters. The largest absolute Gasteiger partial charge is 0.481 e. The smallest absolute Gasteiger partial charge is 0.303 e. The summed E-state index contributed by atoms with van der Waals surface area (Å²) in [5.41, 5.74) is 7.82. The van der Waals surface area contributed by atoms with Gasteiger partial charge in [0.1, 0.15) is 0 Å². The van der Waals surface area contributed by atoms with E-state index in [1.54, 1.807) is 0 Å². The second-order valence-electron chi connectivity index (χ2n) is 4.26. The lowest BCUT2D eigenvalue weighted by Gasteiger charge is -2.11. The van der Waals surface area contributed by atoms with E-state index in [0.29, 0.717) is 13.0 Å². The maximum absolute atomic E-state index is 10.7. The number of carboxylic acids is 1. The molecule has 1 heterocycles. The number of fused-ring (bicyclic) bond motifs is 1. The van der Waals surface area contributed by atoms with Gasteiger partial charge in [0.2, 0.25) is 0 Å². The number of carbonyl (C=O) groups is 1. The number of H-pyrrole nitrogens is 1. The predicted molar refractivity (Wildman–Crippen MR) is 66.8 cm³/mol. The highest BCUT2D eigenvalue weighted by atomic mass is 16.4. The second kappa shape index (κ2) is 5.01. The Hall–Kier alpha value is -1.81. The van der Waals surface area contributed by atoms with Crippen molar-refractivity contribution >= 4 is 16.9 Å². The van der Waals surface area contributed by atoms with Crippen LogP contribution < -0.4 is 5.73 Å². The molecule has 1 aromatic heterocycles. The van der Waals surface area contributed by atoms with Crippen LogP contribution in [0.4, 0.5) is 0 Å². The van der Waals surface area contributed by atoms with Crippen molar-refractivity contribution < 1.29 is 9.90 Å². The number of nitrogens with two attached hydrogens (primary N) is 1. The molecule has 2 aromatic rings. The molecule has 0 fully saturated rings. The predicted octanol–water partition coefficient (Wildman–Crippen LogP) is 1.76. The first-order valence-electron chi connectivity index (χ1n) is 5.67. The molecule has 0 aliphatic rings. The van der Waals surface area contributed by atoms with E-state index in [4.69, 9.17) is 10.8 Å². The maximum atomic E-state index is 10.7. The molecule has 1 unspecified atom stereocenters. The average molecular weight is 232 g/mol. The molecule has 2 rings (SSSR count). The van der Waals surface area contributed by atoms with Gasteiger partial charge in [0.25, 0.3) is 0 Å². The normalized spacial score (nSPS) is 12.8. The highest BCUT2D eigenvalue weighted by Gasteiger charge is 2.14. The van der Waals surface area contributed by atoms with Crippen molar-refractivity contribution in [2.45, 2.75) is 12.8 Å². The summed E-state index contributed by atoms with van der Waals surface area (Å²) in [5.74, 6) is -0.799. The fraction of sp³-hybridized carbons (Fsp3) is 0.308. The first kappa shape index (κ1) is 11.7. The van der Waals surface area contributed by atoms with Crippen LogP contribution in [0.5, 0.6) is 0 Å². The fourth-order valence-corrected chi connectivity index (χ4v) is 2.10. The molecule has 17 heavy (non-hydrogen) atoms. The molecule has 4 heteroatoms. The zero-order valence-electron chi connectivity index (χ0n) is 9.52. The maximum Gasteiger partial charge on any atom is 0.303 e. The number of carboxylic acid groups (broad SMARTS) is 1. The number of para-hydroxylation sites is 1. The van der Waals surface area contributed by atoms with Crippen LogP contribution in [0, 0.1) is 5.92 Å². The van der Waals surface area contributed by atoms with Crippen molar-refractivity contribution in [3.05, 3.63) is 36.0 Å². The van der Waals surface area contributed by atoms with Crippen LogP contribution in [-0.4, -0.2) is 22.6 Å². The van der Waals surface area contributed by atoms with Gasteiger partial charge in [0, 0.05) is 23.5 Å². The minimum atomic E-state index is -0.791. The van der Waals surface area contributed by atoms with Crippen LogP contribution in [0.15, 0.2) is 30.5 Å². The molecule has 0 radical (unpaired) electrons. The molecule has 0 saturated heterocycles. The number of nitrogens with one attached hydrogen (secondary N) is 1. The van der Waals surface area contributed by atoms with Crippen molar-refractivity contribution in [1.82, 2.24) is 4.98 Å². The van der Waals surface area contributed by atoms with E-state index in [0.717, 1.165) is 16.5 Å². The van der Waals surface area contributed by atoms with Crippen LogP contribution in [0.3, 0.4) is 0 Å². The van der Waals surface area contributed by atoms with E-state index >= 15 is 0 Å². The van der Waals surface area contributed by atoms with Crippen molar-refractivity contribution in [2.75, 3.05) is 6.54 Å². The highest BCUT2D eigenvalue weighted by Crippen LogP contribution is 2.21. The summed E-state index contributed by atoms with van der Waals surface area (Å²) in [7, 11) is 0. The summed E-state index contributed by atoms with van der Waals surface area (Å²) in [6.07, 6.45) is 2.76. The van der Waals surface area contributed by atoms with Gasteiger partial charge in [-0.2, -0.15) is 0 Å². The number of aliphatic carboxylic acids is 1. The Morgan fingerprint density at radius 1 is 1.41 bits per heavy atom. The third-order valence-electron chi connectivity index (χ3n) is 2.98. The number of rotatable bonds is 5. The average Bonchev–Trinajstić information content (AvgIpc) is 2.71. The number of benzene rings is 1. The van der Waals surface area contributed by atoms with Gasteiger partial charge in [0.05, 0.1) is 0 Å². The summed E-state index contributed by atoms with van der Waals surface area (Å²) < 4.78 is 0. The summed E-state index contributed by atoms with van der Waals surface area (Å²) in [5, 5.41) is 9.94. The molecule has 1 aromatic carbocycles. The summed E-state index contributed by atoms with van der Waals surface area (Å²) in [4.78, 5) is 13.9. The minimum Gasteiger partial charge on any atom is -0.481 e. The fourth-order valence-electron chi connectivity index (χ4n) is 2.10. The Bertz CT molecular complexity index is 519. The Morgan fingerprint density at radius 2 is 2.18 bits per heavy atom. The van der Waals surface area contributed by atoms with E-state index in [1.807, 2.05) is 30.5 Å². The minimum absolute atomic E-state index is 0.00768. The van der Waals surface area contributed by atoms with Gasteiger partial charge in [-0.25, -0.2) is 0 Å². The van der Waals surface area contributed by atoms with Crippen LogP contribution >= 0.6 is 0 Å². The van der Waals surface area contributed by atoms with E-state index < -0.39 is 5.97 Å². The zero-order valence-corrected chi connectivity index (χ0v) is 9.52. The Balaban J connectivity index is 2.19. The molecule has 0 saturated carbocycles. The van der Waals surface area contributed by atoms with Crippen molar-refractivity contribution in [1.29, 1.82) is 0 Å². The van der Waals surface area contributed by atoms with Gasteiger partial charge in [0.15, 0.2) is 0 Å². The third-order valence-corrected chi connectivity index (χ3v) is 2.98. The van der Waals surface area contributed by atoms with Gasteiger partial charge in [-0.05, 0) is 30.5 Å². The molecule has 0 aliphatic carbocycles. The lowest BCUT2D eigenvalue weighted by molar-refractivity contribution is -0.138. The van der Waals surface area contributed by atoms with Gasteiger partial charge < -0.3 is 15.8 Å². The van der Waals surface area contributed by atoms with Gasteiger partial charge in [-0.1, -0.05) is 18.2 Å². The van der Waals surface area contributed by atoms with Crippen LogP contribution in [-0.2, 0) is 11.2 Å². The first-order valence-corrected chi connectivity index (χ1v) is 5.67. The standard InChI is InChI=1S/C13H16N2O2/c14-7-9(6-13(16)17)5-10-8-15-12-4-2-1-3-11(10)12/h1-4,8-9,15H,5-7,14H2,(H,16,17). The van der Waals surface area contributed by atoms with Crippen LogP contribution in [0.2, 0.25) is 0 Å². The van der Waals surface area contributed by atoms with Gasteiger partial charge in [-0.3, -0.25) is 4.79 Å². The Labute approximate surface area is 99.4 Å². The summed E-state index contributed by atoms with van der Waals surface area (Å²) >= 11 is 0. The number of hydrogen-bond donors (Lipinski definition) is 3. The Kier molecular flexibility index (Phi) is 3.44. The third kappa shape index (κ3) is 2.65. The molecule has 4 nitrogen and oxygen atoms in total. The number of aromatic nitrogens is 1. The van der Waals surface area contributed by atoms with E-state index in [9.17, 15) is 4.79 Å². The van der Waals surface area contributed by atoms with Crippen molar-refractivity contribution in [3.8, 4) is 0 Å². The monoisotopic (exact) mass is 232 g/mol. The topological polar surface area (TPSA) is 79.1 Å². The summed E-state index contributed by atoms with van der Waals surface area (Å²) in [6, 6.07) is 8.00. The van der Waals surface area contributed by atoms with Crippen LogP contribution in [0.25, 0.3) is 10.9 Å². The quantitative estimate of drug-likeness (QED) is 0.735. The van der Waals surface area contributed by atoms with Crippen molar-refractivity contribution in [3.63, 3.8) is 0 Å². The molecular weight excluding hydrogens is 216 g/mol. The van der Waals surface area contributed by atoms with Crippen molar-refractivity contribution in [2.24, 2.45) is 11.7 Å². The number of aromatic amines is 1. The van der Waals surface area contributed by atoms with E-state index in [2.05, 4.69) is 4.98 Å². The Morgan fingerprint density at radius 3 is 2.88 bits per heavy atom. The van der Waals surface area contributed by atoms with E-state index in [-0.39, 0.29) is 12.3 Å². The lowest BCUT2D eigenvalue weighted by Crippen LogP contribution is -2.20. The molecular formula is C13H16N2O2. The van der Waals surface area contributed by atoms with E-state index in [1.165, 1.54) is 0 Å². The summed E-state index contributed by atoms with van der Waals surface area (Å²) in [6.45, 7) is 0.395. The molecule has 0 bridgehead atoms. The highest BCUT2D eigenvalue weighted by molar-refractivity contribution is 5.83. The number of hydrogen-bond acceptors (Lipinski definition) is 2.